The molecule has 1 rings (SSSR count). The molecular weight excluding hydrogens is 193 g/mol. The zero-order chi connectivity index (χ0) is 11.6. The topological polar surface area (TPSA) is 46.2 Å². The molecule has 0 aromatic heterocycles. The highest BCUT2D eigenvalue weighted by atomic mass is 19.1. The van der Waals surface area contributed by atoms with Crippen LogP contribution in [0.1, 0.15) is 30.0 Å². The van der Waals surface area contributed by atoms with Gasteiger partial charge < -0.3 is 10.8 Å². The summed E-state index contributed by atoms with van der Waals surface area (Å²) in [6, 6.07) is 3.29. The summed E-state index contributed by atoms with van der Waals surface area (Å²) in [6.45, 7) is 5.45. The predicted octanol–water partition coefficient (Wildman–Crippen LogP) is 2.00. The minimum atomic E-state index is -1.25. The second kappa shape index (κ2) is 4.29. The van der Waals surface area contributed by atoms with Crippen LogP contribution in [0, 0.1) is 19.7 Å². The molecule has 3 N–H and O–H groups in total. The van der Waals surface area contributed by atoms with Crippen molar-refractivity contribution in [1.29, 1.82) is 0 Å². The summed E-state index contributed by atoms with van der Waals surface area (Å²) in [5, 5.41) is 10.2. The average molecular weight is 211 g/mol. The maximum atomic E-state index is 13.8. The van der Waals surface area contributed by atoms with Gasteiger partial charge >= 0.3 is 0 Å². The largest absolute Gasteiger partial charge is 0.384 e. The van der Waals surface area contributed by atoms with Crippen LogP contribution >= 0.6 is 0 Å². The van der Waals surface area contributed by atoms with Gasteiger partial charge in [-0.25, -0.2) is 4.39 Å². The van der Waals surface area contributed by atoms with Gasteiger partial charge in [0, 0.05) is 12.1 Å². The van der Waals surface area contributed by atoms with Gasteiger partial charge in [0.1, 0.15) is 11.4 Å². The second-order valence-corrected chi connectivity index (χ2v) is 4.03. The molecule has 0 aliphatic rings. The summed E-state index contributed by atoms with van der Waals surface area (Å²) in [5.74, 6) is -0.373. The molecule has 1 atom stereocenters. The molecule has 0 spiro atoms. The van der Waals surface area contributed by atoms with Crippen molar-refractivity contribution in [2.45, 2.75) is 32.8 Å². The Labute approximate surface area is 89.9 Å². The zero-order valence-corrected chi connectivity index (χ0v) is 9.47. The molecule has 0 aliphatic carbocycles. The van der Waals surface area contributed by atoms with Gasteiger partial charge in [-0.1, -0.05) is 13.0 Å². The van der Waals surface area contributed by atoms with E-state index in [4.69, 9.17) is 5.73 Å². The Kier molecular flexibility index (Phi) is 3.47. The molecule has 0 saturated carbocycles. The summed E-state index contributed by atoms with van der Waals surface area (Å²) in [7, 11) is 0. The molecule has 0 fully saturated rings. The standard InChI is InChI=1S/C12H18FNO/c1-4-12(15,7-14)11-9(3)5-8(2)6-10(11)13/h5-6,15H,4,7,14H2,1-3H3. The number of hydrogen-bond donors (Lipinski definition) is 2. The number of nitrogens with two attached hydrogens (primary N) is 1. The van der Waals surface area contributed by atoms with E-state index in [0.29, 0.717) is 12.0 Å². The molecule has 84 valence electrons. The third-order valence-electron chi connectivity index (χ3n) is 2.82. The lowest BCUT2D eigenvalue weighted by molar-refractivity contribution is 0.0375. The Morgan fingerprint density at radius 2 is 2.00 bits per heavy atom. The lowest BCUT2D eigenvalue weighted by atomic mass is 9.87. The fraction of sp³-hybridized carbons (Fsp3) is 0.500. The van der Waals surface area contributed by atoms with Crippen molar-refractivity contribution < 1.29 is 9.50 Å². The van der Waals surface area contributed by atoms with Gasteiger partial charge in [-0.3, -0.25) is 0 Å². The maximum absolute atomic E-state index is 13.8. The monoisotopic (exact) mass is 211 g/mol. The van der Waals surface area contributed by atoms with Crippen LogP contribution in [0.4, 0.5) is 4.39 Å². The van der Waals surface area contributed by atoms with Gasteiger partial charge in [-0.05, 0) is 37.5 Å². The first-order chi connectivity index (χ1) is 6.94. The molecule has 1 unspecified atom stereocenters. The summed E-state index contributed by atoms with van der Waals surface area (Å²) in [6.07, 6.45) is 0.407. The number of benzene rings is 1. The molecular formula is C12H18FNO. The van der Waals surface area contributed by atoms with Crippen molar-refractivity contribution in [1.82, 2.24) is 0 Å². The molecule has 15 heavy (non-hydrogen) atoms. The molecule has 0 heterocycles. The van der Waals surface area contributed by atoms with Crippen molar-refractivity contribution in [3.05, 3.63) is 34.6 Å². The number of aliphatic hydroxyl groups is 1. The average Bonchev–Trinajstić information content (AvgIpc) is 2.15. The number of rotatable bonds is 3. The summed E-state index contributed by atoms with van der Waals surface area (Å²) in [5.41, 5.74) is 6.20. The Balaban J connectivity index is 3.36. The van der Waals surface area contributed by atoms with Crippen molar-refractivity contribution >= 4 is 0 Å². The van der Waals surface area contributed by atoms with Crippen molar-refractivity contribution in [3.8, 4) is 0 Å². The maximum Gasteiger partial charge on any atom is 0.129 e. The Morgan fingerprint density at radius 3 is 2.40 bits per heavy atom. The van der Waals surface area contributed by atoms with Crippen molar-refractivity contribution in [3.63, 3.8) is 0 Å². The number of aryl methyl sites for hydroxylation is 2. The fourth-order valence-corrected chi connectivity index (χ4v) is 1.93. The Bertz CT molecular complexity index is 336. The molecule has 0 bridgehead atoms. The first-order valence-corrected chi connectivity index (χ1v) is 5.14. The highest BCUT2D eigenvalue weighted by Crippen LogP contribution is 2.29. The molecule has 1 aromatic rings. The minimum Gasteiger partial charge on any atom is -0.384 e. The van der Waals surface area contributed by atoms with E-state index in [1.54, 1.807) is 13.8 Å². The van der Waals surface area contributed by atoms with E-state index in [0.717, 1.165) is 11.1 Å². The first-order valence-electron chi connectivity index (χ1n) is 5.14. The van der Waals surface area contributed by atoms with Crippen LogP contribution in [-0.2, 0) is 5.60 Å². The smallest absolute Gasteiger partial charge is 0.129 e. The van der Waals surface area contributed by atoms with E-state index in [-0.39, 0.29) is 12.4 Å². The third kappa shape index (κ3) is 2.19. The van der Waals surface area contributed by atoms with Gasteiger partial charge in [-0.15, -0.1) is 0 Å². The lowest BCUT2D eigenvalue weighted by Gasteiger charge is -2.28. The van der Waals surface area contributed by atoms with Gasteiger partial charge in [0.15, 0.2) is 0 Å². The van der Waals surface area contributed by atoms with Crippen molar-refractivity contribution in [2.24, 2.45) is 5.73 Å². The van der Waals surface area contributed by atoms with Crippen molar-refractivity contribution in [2.75, 3.05) is 6.54 Å². The summed E-state index contributed by atoms with van der Waals surface area (Å²) in [4.78, 5) is 0. The third-order valence-corrected chi connectivity index (χ3v) is 2.82. The van der Waals surface area contributed by atoms with Crippen LogP contribution in [0.3, 0.4) is 0 Å². The highest BCUT2D eigenvalue weighted by molar-refractivity contribution is 5.36. The number of hydrogen-bond acceptors (Lipinski definition) is 2. The quantitative estimate of drug-likeness (QED) is 0.803. The van der Waals surface area contributed by atoms with Crippen LogP contribution in [0.15, 0.2) is 12.1 Å². The fourth-order valence-electron chi connectivity index (χ4n) is 1.93. The molecule has 2 nitrogen and oxygen atoms in total. The highest BCUT2D eigenvalue weighted by Gasteiger charge is 2.30. The first kappa shape index (κ1) is 12.1. The second-order valence-electron chi connectivity index (χ2n) is 4.03. The summed E-state index contributed by atoms with van der Waals surface area (Å²) >= 11 is 0. The van der Waals surface area contributed by atoms with Crippen LogP contribution in [0.25, 0.3) is 0 Å². The Hall–Kier alpha value is -0.930. The van der Waals surface area contributed by atoms with Crippen LogP contribution in [0.5, 0.6) is 0 Å². The van der Waals surface area contributed by atoms with Crippen LogP contribution in [0.2, 0.25) is 0 Å². The van der Waals surface area contributed by atoms with Gasteiger partial charge in [0.05, 0.1) is 0 Å². The van der Waals surface area contributed by atoms with E-state index in [1.165, 1.54) is 6.07 Å². The zero-order valence-electron chi connectivity index (χ0n) is 9.47. The molecule has 0 saturated heterocycles. The van der Waals surface area contributed by atoms with Gasteiger partial charge in [-0.2, -0.15) is 0 Å². The molecule has 0 radical (unpaired) electrons. The van der Waals surface area contributed by atoms with Gasteiger partial charge in [0.25, 0.3) is 0 Å². The SMILES string of the molecule is CCC(O)(CN)c1c(C)cc(C)cc1F. The Morgan fingerprint density at radius 1 is 1.40 bits per heavy atom. The molecule has 0 aliphatic heterocycles. The van der Waals surface area contributed by atoms with E-state index in [1.807, 2.05) is 13.0 Å². The molecule has 0 amide bonds. The van der Waals surface area contributed by atoms with E-state index >= 15 is 0 Å². The van der Waals surface area contributed by atoms with E-state index < -0.39 is 5.60 Å². The van der Waals surface area contributed by atoms with Crippen LogP contribution < -0.4 is 5.73 Å². The predicted molar refractivity (Wildman–Crippen MR) is 59.1 cm³/mol. The molecule has 1 aromatic carbocycles. The number of halogens is 1. The van der Waals surface area contributed by atoms with Crippen LogP contribution in [-0.4, -0.2) is 11.7 Å². The van der Waals surface area contributed by atoms with E-state index in [9.17, 15) is 9.50 Å². The lowest BCUT2D eigenvalue weighted by Crippen LogP contribution is -2.36. The minimum absolute atomic E-state index is 0.0321. The summed E-state index contributed by atoms with van der Waals surface area (Å²) < 4.78 is 13.8. The van der Waals surface area contributed by atoms with E-state index in [2.05, 4.69) is 0 Å². The molecule has 3 heteroatoms. The normalized spacial score (nSPS) is 15.1. The van der Waals surface area contributed by atoms with Gasteiger partial charge in [0.2, 0.25) is 0 Å².